The van der Waals surface area contributed by atoms with Crippen molar-refractivity contribution in [3.05, 3.63) is 58.6 Å². The van der Waals surface area contributed by atoms with Crippen molar-refractivity contribution in [2.45, 2.75) is 6.04 Å². The van der Waals surface area contributed by atoms with E-state index in [2.05, 4.69) is 5.32 Å². The molecule has 0 aromatic heterocycles. The lowest BCUT2D eigenvalue weighted by Crippen LogP contribution is -2.28. The van der Waals surface area contributed by atoms with Gasteiger partial charge in [-0.1, -0.05) is 29.8 Å². The minimum Gasteiger partial charge on any atom is -0.493 e. The number of halogens is 1. The summed E-state index contributed by atoms with van der Waals surface area (Å²) in [5, 5.41) is 12.5. The summed E-state index contributed by atoms with van der Waals surface area (Å²) in [4.78, 5) is 12.5. The fourth-order valence-electron chi connectivity index (χ4n) is 2.15. The van der Waals surface area contributed by atoms with Crippen LogP contribution in [0.15, 0.2) is 42.5 Å². The van der Waals surface area contributed by atoms with Gasteiger partial charge in [-0.3, -0.25) is 4.79 Å². The van der Waals surface area contributed by atoms with Crippen LogP contribution in [0.25, 0.3) is 0 Å². The number of rotatable bonds is 5. The molecule has 118 valence electrons. The maximum atomic E-state index is 12.5. The molecule has 0 aliphatic rings. The Morgan fingerprint density at radius 3 is 2.57 bits per heavy atom. The van der Waals surface area contributed by atoms with Crippen molar-refractivity contribution < 1.29 is 14.3 Å². The minimum atomic E-state index is -0.822. The zero-order chi connectivity index (χ0) is 16.8. The Morgan fingerprint density at radius 2 is 1.96 bits per heavy atom. The number of benzene rings is 2. The molecule has 0 saturated carbocycles. The topological polar surface area (TPSA) is 71.3 Å². The fourth-order valence-corrected chi connectivity index (χ4v) is 2.35. The van der Waals surface area contributed by atoms with Crippen molar-refractivity contribution in [1.29, 1.82) is 5.26 Å². The minimum absolute atomic E-state index is 0.286. The Balaban J connectivity index is 2.29. The maximum absolute atomic E-state index is 12.5. The fraction of sp³-hybridized carbons (Fsp3) is 0.176. The highest BCUT2D eigenvalue weighted by molar-refractivity contribution is 6.30. The van der Waals surface area contributed by atoms with Crippen molar-refractivity contribution in [3.8, 4) is 17.6 Å². The van der Waals surface area contributed by atoms with Gasteiger partial charge >= 0.3 is 0 Å². The highest BCUT2D eigenvalue weighted by Crippen LogP contribution is 2.31. The van der Waals surface area contributed by atoms with Crippen LogP contribution >= 0.6 is 11.6 Å². The number of hydrogen-bond acceptors (Lipinski definition) is 4. The molecule has 2 aromatic rings. The van der Waals surface area contributed by atoms with Gasteiger partial charge in [0.1, 0.15) is 6.04 Å². The van der Waals surface area contributed by atoms with Gasteiger partial charge in [-0.25, -0.2) is 0 Å². The largest absolute Gasteiger partial charge is 0.493 e. The van der Waals surface area contributed by atoms with E-state index in [0.717, 1.165) is 0 Å². The van der Waals surface area contributed by atoms with Gasteiger partial charge in [0, 0.05) is 5.02 Å². The number of amides is 1. The van der Waals surface area contributed by atoms with E-state index < -0.39 is 11.9 Å². The van der Waals surface area contributed by atoms with Gasteiger partial charge in [-0.05, 0) is 29.8 Å². The molecule has 0 aliphatic heterocycles. The second-order valence-electron chi connectivity index (χ2n) is 4.63. The summed E-state index contributed by atoms with van der Waals surface area (Å²) in [7, 11) is 2.94. The van der Waals surface area contributed by atoms with E-state index in [9.17, 15) is 10.1 Å². The van der Waals surface area contributed by atoms with Crippen LogP contribution < -0.4 is 14.8 Å². The SMILES string of the molecule is COc1cccc(C(=O)N[C@H](C#N)c2cccc(Cl)c2)c1OC. The molecule has 0 bridgehead atoms. The average Bonchev–Trinajstić information content (AvgIpc) is 2.58. The Bertz CT molecular complexity index is 756. The number of ether oxygens (including phenoxy) is 2. The van der Waals surface area contributed by atoms with E-state index in [0.29, 0.717) is 22.1 Å². The molecule has 0 spiro atoms. The van der Waals surface area contributed by atoms with Gasteiger partial charge in [-0.2, -0.15) is 5.26 Å². The van der Waals surface area contributed by atoms with Gasteiger partial charge in [0.05, 0.1) is 25.9 Å². The molecule has 5 nitrogen and oxygen atoms in total. The third-order valence-electron chi connectivity index (χ3n) is 3.23. The molecular weight excluding hydrogens is 316 g/mol. The summed E-state index contributed by atoms with van der Waals surface area (Å²) in [6.07, 6.45) is 0. The molecule has 23 heavy (non-hydrogen) atoms. The van der Waals surface area contributed by atoms with E-state index in [-0.39, 0.29) is 5.56 Å². The maximum Gasteiger partial charge on any atom is 0.256 e. The van der Waals surface area contributed by atoms with Crippen molar-refractivity contribution in [2.24, 2.45) is 0 Å². The van der Waals surface area contributed by atoms with Crippen LogP contribution in [0.2, 0.25) is 5.02 Å². The molecule has 1 N–H and O–H groups in total. The van der Waals surface area contributed by atoms with Crippen LogP contribution in [0.5, 0.6) is 11.5 Å². The zero-order valence-corrected chi connectivity index (χ0v) is 13.4. The van der Waals surface area contributed by atoms with Crippen molar-refractivity contribution in [3.63, 3.8) is 0 Å². The van der Waals surface area contributed by atoms with E-state index in [4.69, 9.17) is 21.1 Å². The molecule has 0 aliphatic carbocycles. The Kier molecular flexibility index (Phi) is 5.45. The number of para-hydroxylation sites is 1. The van der Waals surface area contributed by atoms with E-state index in [1.54, 1.807) is 42.5 Å². The summed E-state index contributed by atoms with van der Waals surface area (Å²) in [6, 6.07) is 13.0. The lowest BCUT2D eigenvalue weighted by molar-refractivity contribution is 0.0941. The number of hydrogen-bond donors (Lipinski definition) is 1. The summed E-state index contributed by atoms with van der Waals surface area (Å²) >= 11 is 5.93. The van der Waals surface area contributed by atoms with Gasteiger partial charge in [0.25, 0.3) is 5.91 Å². The van der Waals surface area contributed by atoms with Gasteiger partial charge in [0.15, 0.2) is 11.5 Å². The van der Waals surface area contributed by atoms with Gasteiger partial charge in [-0.15, -0.1) is 0 Å². The molecule has 6 heteroatoms. The number of methoxy groups -OCH3 is 2. The van der Waals surface area contributed by atoms with E-state index in [1.807, 2.05) is 6.07 Å². The summed E-state index contributed by atoms with van der Waals surface area (Å²) in [5.74, 6) is 0.318. The van der Waals surface area contributed by atoms with Crippen LogP contribution in [0.3, 0.4) is 0 Å². The van der Waals surface area contributed by atoms with E-state index >= 15 is 0 Å². The van der Waals surface area contributed by atoms with E-state index in [1.165, 1.54) is 14.2 Å². The molecular formula is C17H15ClN2O3. The molecule has 2 aromatic carbocycles. The van der Waals surface area contributed by atoms with Crippen LogP contribution in [0.4, 0.5) is 0 Å². The molecule has 0 unspecified atom stereocenters. The van der Waals surface area contributed by atoms with Crippen LogP contribution in [0, 0.1) is 11.3 Å². The number of nitriles is 1. The molecule has 0 heterocycles. The summed E-state index contributed by atoms with van der Waals surface area (Å²) in [5.41, 5.74) is 0.893. The standard InChI is InChI=1S/C17H15ClN2O3/c1-22-15-8-4-7-13(16(15)23-2)17(21)20-14(10-19)11-5-3-6-12(18)9-11/h3-9,14H,1-2H3,(H,20,21)/t14-/m1/s1. The Hall–Kier alpha value is -2.71. The highest BCUT2D eigenvalue weighted by atomic mass is 35.5. The Morgan fingerprint density at radius 1 is 1.22 bits per heavy atom. The quantitative estimate of drug-likeness (QED) is 0.912. The van der Waals surface area contributed by atoms with Gasteiger partial charge < -0.3 is 14.8 Å². The average molecular weight is 331 g/mol. The normalized spacial score (nSPS) is 11.2. The number of nitrogens with zero attached hydrogens (tertiary/aromatic N) is 1. The third-order valence-corrected chi connectivity index (χ3v) is 3.47. The monoisotopic (exact) mass is 330 g/mol. The molecule has 0 radical (unpaired) electrons. The first-order valence-corrected chi connectivity index (χ1v) is 7.15. The zero-order valence-electron chi connectivity index (χ0n) is 12.7. The smallest absolute Gasteiger partial charge is 0.256 e. The third kappa shape index (κ3) is 3.74. The predicted molar refractivity (Wildman–Crippen MR) is 86.8 cm³/mol. The highest BCUT2D eigenvalue weighted by Gasteiger charge is 2.20. The second kappa shape index (κ2) is 7.52. The van der Waals surface area contributed by atoms with Crippen LogP contribution in [0.1, 0.15) is 22.0 Å². The first-order valence-electron chi connectivity index (χ1n) is 6.77. The first-order chi connectivity index (χ1) is 11.1. The molecule has 1 atom stereocenters. The summed E-state index contributed by atoms with van der Waals surface area (Å²) < 4.78 is 10.4. The number of carbonyl (C=O) groups is 1. The second-order valence-corrected chi connectivity index (χ2v) is 5.07. The molecule has 0 saturated heterocycles. The first kappa shape index (κ1) is 16.7. The van der Waals surface area contributed by atoms with Crippen molar-refractivity contribution in [1.82, 2.24) is 5.32 Å². The lowest BCUT2D eigenvalue weighted by atomic mass is 10.1. The molecule has 1 amide bonds. The van der Waals surface area contributed by atoms with Crippen LogP contribution in [-0.2, 0) is 0 Å². The molecule has 0 fully saturated rings. The van der Waals surface area contributed by atoms with Crippen molar-refractivity contribution >= 4 is 17.5 Å². The molecule has 2 rings (SSSR count). The van der Waals surface area contributed by atoms with Crippen LogP contribution in [-0.4, -0.2) is 20.1 Å². The van der Waals surface area contributed by atoms with Gasteiger partial charge in [0.2, 0.25) is 0 Å². The predicted octanol–water partition coefficient (Wildman–Crippen LogP) is 3.35. The Labute approximate surface area is 139 Å². The lowest BCUT2D eigenvalue weighted by Gasteiger charge is -2.15. The summed E-state index contributed by atoms with van der Waals surface area (Å²) in [6.45, 7) is 0. The van der Waals surface area contributed by atoms with Crippen molar-refractivity contribution in [2.75, 3.05) is 14.2 Å². The number of carbonyl (C=O) groups excluding carboxylic acids is 1. The number of nitrogens with one attached hydrogen (secondary N) is 1.